The summed E-state index contributed by atoms with van der Waals surface area (Å²) in [4.78, 5) is 24.6. The van der Waals surface area contributed by atoms with Crippen molar-refractivity contribution in [2.75, 3.05) is 20.4 Å². The van der Waals surface area contributed by atoms with Crippen molar-refractivity contribution >= 4 is 11.9 Å². The highest BCUT2D eigenvalue weighted by Gasteiger charge is 2.43. The molecule has 0 saturated carbocycles. The van der Waals surface area contributed by atoms with Crippen LogP contribution in [0.3, 0.4) is 0 Å². The van der Waals surface area contributed by atoms with Gasteiger partial charge in [0.2, 0.25) is 6.43 Å². The summed E-state index contributed by atoms with van der Waals surface area (Å²) in [6.07, 6.45) is -3.79. The lowest BCUT2D eigenvalue weighted by atomic mass is 9.78. The van der Waals surface area contributed by atoms with Crippen LogP contribution in [0.2, 0.25) is 0 Å². The summed E-state index contributed by atoms with van der Waals surface area (Å²) in [6.45, 7) is -1.30. The van der Waals surface area contributed by atoms with Gasteiger partial charge in [-0.25, -0.2) is 27.2 Å². The third kappa shape index (κ3) is 3.29. The van der Waals surface area contributed by atoms with Gasteiger partial charge in [0.05, 0.1) is 35.6 Å². The van der Waals surface area contributed by atoms with E-state index >= 15 is 0 Å². The fourth-order valence-corrected chi connectivity index (χ4v) is 3.36. The van der Waals surface area contributed by atoms with Crippen molar-refractivity contribution in [1.29, 1.82) is 0 Å². The molecule has 27 heavy (non-hydrogen) atoms. The molecule has 0 bridgehead atoms. The number of hydrogen-bond donors (Lipinski definition) is 1. The third-order valence-electron chi connectivity index (χ3n) is 4.46. The Labute approximate surface area is 151 Å². The molecule has 1 aromatic rings. The molecule has 1 N–H and O–H groups in total. The topological polar surface area (TPSA) is 64.6 Å². The SMILES string of the molecule is COC(=O)C1=C(CF)NC2=C(C(=O)OC2)[C@H]1c1cccc(F)c1CC(F)F. The number of carbonyl (C=O) groups is 2. The molecular weight excluding hydrogens is 370 g/mol. The van der Waals surface area contributed by atoms with Crippen LogP contribution in [0.5, 0.6) is 0 Å². The zero-order valence-electron chi connectivity index (χ0n) is 14.2. The lowest BCUT2D eigenvalue weighted by Gasteiger charge is -2.29. The highest BCUT2D eigenvalue weighted by Crippen LogP contribution is 2.43. The Kier molecular flexibility index (Phi) is 5.20. The van der Waals surface area contributed by atoms with Crippen LogP contribution >= 0.6 is 0 Å². The number of nitrogens with one attached hydrogen (secondary N) is 1. The molecule has 144 valence electrons. The maximum Gasteiger partial charge on any atom is 0.337 e. The lowest BCUT2D eigenvalue weighted by Crippen LogP contribution is -2.32. The van der Waals surface area contributed by atoms with E-state index in [9.17, 15) is 27.2 Å². The predicted octanol–water partition coefficient (Wildman–Crippen LogP) is 2.53. The number of dihydropyridines is 1. The molecule has 0 aromatic heterocycles. The van der Waals surface area contributed by atoms with Crippen molar-refractivity contribution in [1.82, 2.24) is 5.32 Å². The van der Waals surface area contributed by atoms with Crippen LogP contribution in [0.4, 0.5) is 17.6 Å². The standard InChI is InChI=1S/C18H15F4NO4/c1-26-17(24)15-11(6-19)23-12-7-27-18(25)16(12)14(15)8-3-2-4-10(20)9(8)5-13(21)22/h2-4,13-14,23H,5-7H2,1H3/t14-/m0/s1. The van der Waals surface area contributed by atoms with Gasteiger partial charge >= 0.3 is 11.9 Å². The van der Waals surface area contributed by atoms with Crippen LogP contribution in [-0.4, -0.2) is 38.8 Å². The van der Waals surface area contributed by atoms with Crippen molar-refractivity contribution in [3.05, 3.63) is 57.7 Å². The van der Waals surface area contributed by atoms with E-state index < -0.39 is 43.2 Å². The minimum absolute atomic E-state index is 0.0329. The highest BCUT2D eigenvalue weighted by atomic mass is 19.3. The van der Waals surface area contributed by atoms with Crippen molar-refractivity contribution in [3.63, 3.8) is 0 Å². The number of esters is 2. The fourth-order valence-electron chi connectivity index (χ4n) is 3.36. The minimum Gasteiger partial charge on any atom is -0.466 e. The van der Waals surface area contributed by atoms with E-state index in [-0.39, 0.29) is 40.3 Å². The molecule has 0 spiro atoms. The lowest BCUT2D eigenvalue weighted by molar-refractivity contribution is -0.136. The summed E-state index contributed by atoms with van der Waals surface area (Å²) in [5.41, 5.74) is -0.693. The second kappa shape index (κ2) is 7.42. The number of hydrogen-bond acceptors (Lipinski definition) is 5. The van der Waals surface area contributed by atoms with Crippen LogP contribution in [0.25, 0.3) is 0 Å². The van der Waals surface area contributed by atoms with E-state index in [2.05, 4.69) is 10.1 Å². The van der Waals surface area contributed by atoms with Gasteiger partial charge in [0.1, 0.15) is 19.1 Å². The van der Waals surface area contributed by atoms with Gasteiger partial charge in [0, 0.05) is 6.42 Å². The van der Waals surface area contributed by atoms with Crippen LogP contribution in [-0.2, 0) is 25.5 Å². The Morgan fingerprint density at radius 3 is 2.78 bits per heavy atom. The molecule has 0 fully saturated rings. The largest absolute Gasteiger partial charge is 0.466 e. The van der Waals surface area contributed by atoms with Gasteiger partial charge in [-0.2, -0.15) is 0 Å². The summed E-state index contributed by atoms with van der Waals surface area (Å²) in [5.74, 6) is -3.95. The Morgan fingerprint density at radius 2 is 2.15 bits per heavy atom. The highest BCUT2D eigenvalue weighted by molar-refractivity contribution is 6.01. The summed E-state index contributed by atoms with van der Waals surface area (Å²) >= 11 is 0. The molecule has 2 aliphatic heterocycles. The summed E-state index contributed by atoms with van der Waals surface area (Å²) in [7, 11) is 1.06. The van der Waals surface area contributed by atoms with E-state index in [0.29, 0.717) is 0 Å². The van der Waals surface area contributed by atoms with Crippen LogP contribution in [0, 0.1) is 5.82 Å². The van der Waals surface area contributed by atoms with E-state index in [1.807, 2.05) is 0 Å². The Bertz CT molecular complexity index is 863. The quantitative estimate of drug-likeness (QED) is 0.623. The first kappa shape index (κ1) is 18.9. The second-order valence-corrected chi connectivity index (χ2v) is 5.95. The molecule has 2 heterocycles. The number of allylic oxidation sites excluding steroid dienone is 1. The zero-order chi connectivity index (χ0) is 19.7. The maximum atomic E-state index is 14.3. The van der Waals surface area contributed by atoms with Gasteiger partial charge < -0.3 is 14.8 Å². The molecule has 0 aliphatic carbocycles. The van der Waals surface area contributed by atoms with E-state index in [4.69, 9.17) is 4.74 Å². The average molecular weight is 385 g/mol. The molecule has 0 saturated heterocycles. The van der Waals surface area contributed by atoms with Crippen molar-refractivity contribution in [2.45, 2.75) is 18.8 Å². The number of halogens is 4. The maximum absolute atomic E-state index is 14.3. The number of ether oxygens (including phenoxy) is 2. The summed E-state index contributed by atoms with van der Waals surface area (Å²) < 4.78 is 63.5. The Morgan fingerprint density at radius 1 is 1.41 bits per heavy atom. The summed E-state index contributed by atoms with van der Waals surface area (Å²) in [6, 6.07) is 3.60. The third-order valence-corrected chi connectivity index (χ3v) is 4.46. The smallest absolute Gasteiger partial charge is 0.337 e. The molecule has 1 atom stereocenters. The predicted molar refractivity (Wildman–Crippen MR) is 85.0 cm³/mol. The molecule has 0 radical (unpaired) electrons. The second-order valence-electron chi connectivity index (χ2n) is 5.95. The first-order valence-electron chi connectivity index (χ1n) is 7.99. The van der Waals surface area contributed by atoms with E-state index in [1.54, 1.807) is 0 Å². The van der Waals surface area contributed by atoms with Crippen molar-refractivity contribution in [2.24, 2.45) is 0 Å². The number of cyclic esters (lactones) is 1. The van der Waals surface area contributed by atoms with E-state index in [0.717, 1.165) is 13.2 Å². The number of methoxy groups -OCH3 is 1. The average Bonchev–Trinajstić information content (AvgIpc) is 3.01. The molecule has 0 unspecified atom stereocenters. The molecule has 9 heteroatoms. The first-order valence-corrected chi connectivity index (χ1v) is 7.99. The molecule has 1 aromatic carbocycles. The fraction of sp³-hybridized carbons (Fsp3) is 0.333. The van der Waals surface area contributed by atoms with Gasteiger partial charge in [-0.3, -0.25) is 0 Å². The van der Waals surface area contributed by atoms with Crippen LogP contribution < -0.4 is 5.32 Å². The van der Waals surface area contributed by atoms with Crippen LogP contribution in [0.1, 0.15) is 17.0 Å². The number of carbonyl (C=O) groups excluding carboxylic acids is 2. The van der Waals surface area contributed by atoms with Crippen LogP contribution in [0.15, 0.2) is 40.7 Å². The number of benzene rings is 1. The first-order chi connectivity index (χ1) is 12.9. The molecule has 5 nitrogen and oxygen atoms in total. The Balaban J connectivity index is 2.27. The monoisotopic (exact) mass is 385 g/mol. The van der Waals surface area contributed by atoms with Crippen molar-refractivity contribution in [3.8, 4) is 0 Å². The summed E-state index contributed by atoms with van der Waals surface area (Å²) in [5, 5.41) is 2.63. The van der Waals surface area contributed by atoms with Crippen molar-refractivity contribution < 1.29 is 36.6 Å². The number of alkyl halides is 3. The minimum atomic E-state index is -2.86. The molecule has 3 rings (SSSR count). The van der Waals surface area contributed by atoms with Gasteiger partial charge in [-0.05, 0) is 17.2 Å². The van der Waals surface area contributed by atoms with Gasteiger partial charge in [0.15, 0.2) is 0 Å². The Hall–Kier alpha value is -2.84. The molecule has 0 amide bonds. The van der Waals surface area contributed by atoms with Gasteiger partial charge in [0.25, 0.3) is 0 Å². The number of rotatable bonds is 5. The zero-order valence-corrected chi connectivity index (χ0v) is 14.2. The van der Waals surface area contributed by atoms with Gasteiger partial charge in [-0.15, -0.1) is 0 Å². The molecule has 2 aliphatic rings. The normalized spacial score (nSPS) is 19.2. The van der Waals surface area contributed by atoms with Gasteiger partial charge in [-0.1, -0.05) is 12.1 Å². The van der Waals surface area contributed by atoms with E-state index in [1.165, 1.54) is 12.1 Å². The molecular formula is C18H15F4NO4.